The largest absolute Gasteiger partial charge is 0.480 e. The number of pyridine rings is 1. The minimum atomic E-state index is -4.65. The molecule has 9 heteroatoms. The number of aromatic nitrogens is 3. The summed E-state index contributed by atoms with van der Waals surface area (Å²) in [5, 5.41) is 9.24. The van der Waals surface area contributed by atoms with Crippen LogP contribution in [-0.2, 0) is 11.0 Å². The number of hydrogen-bond donors (Lipinski definition) is 1. The standard InChI is InChI=1S/C15H13F3N4O2/c16-15(17,18)11-8-12(22-7-1-2-10(22)14(23)24)21-13(20-11)9-3-5-19-6-4-9/h3-6,8,10H,1-2,7H2,(H,23,24)/t10-/m1/s1. The zero-order valence-electron chi connectivity index (χ0n) is 12.4. The number of nitrogens with zero attached hydrogens (tertiary/aromatic N) is 4. The lowest BCUT2D eigenvalue weighted by molar-refractivity contribution is -0.141. The smallest absolute Gasteiger partial charge is 0.433 e. The SMILES string of the molecule is O=C(O)[C@H]1CCCN1c1cc(C(F)(F)F)nc(-c2ccncc2)n1. The Kier molecular flexibility index (Phi) is 4.08. The molecule has 1 saturated heterocycles. The molecule has 0 amide bonds. The molecule has 2 aromatic heterocycles. The van der Waals surface area contributed by atoms with Gasteiger partial charge < -0.3 is 10.0 Å². The van der Waals surface area contributed by atoms with Crippen molar-refractivity contribution in [1.82, 2.24) is 15.0 Å². The molecule has 1 fully saturated rings. The van der Waals surface area contributed by atoms with Gasteiger partial charge in [0.15, 0.2) is 11.5 Å². The van der Waals surface area contributed by atoms with E-state index >= 15 is 0 Å². The van der Waals surface area contributed by atoms with Gasteiger partial charge >= 0.3 is 12.1 Å². The Bertz CT molecular complexity index is 752. The second-order valence-corrected chi connectivity index (χ2v) is 5.36. The van der Waals surface area contributed by atoms with Crippen molar-refractivity contribution in [2.45, 2.75) is 25.1 Å². The molecule has 1 N–H and O–H groups in total. The highest BCUT2D eigenvalue weighted by Gasteiger charge is 2.37. The third-order valence-corrected chi connectivity index (χ3v) is 3.77. The highest BCUT2D eigenvalue weighted by atomic mass is 19.4. The van der Waals surface area contributed by atoms with E-state index in [2.05, 4.69) is 15.0 Å². The van der Waals surface area contributed by atoms with Crippen LogP contribution in [0.2, 0.25) is 0 Å². The molecule has 0 aliphatic carbocycles. The van der Waals surface area contributed by atoms with Gasteiger partial charge in [0.25, 0.3) is 0 Å². The minimum absolute atomic E-state index is 0.0333. The maximum Gasteiger partial charge on any atom is 0.433 e. The molecule has 0 saturated carbocycles. The van der Waals surface area contributed by atoms with E-state index in [9.17, 15) is 23.1 Å². The first-order valence-corrected chi connectivity index (χ1v) is 7.22. The highest BCUT2D eigenvalue weighted by molar-refractivity contribution is 5.78. The number of carboxylic acid groups (broad SMARTS) is 1. The molecule has 0 aromatic carbocycles. The quantitative estimate of drug-likeness (QED) is 0.927. The number of hydrogen-bond acceptors (Lipinski definition) is 5. The number of anilines is 1. The Labute approximate surface area is 135 Å². The van der Waals surface area contributed by atoms with Crippen LogP contribution in [0, 0.1) is 0 Å². The molecular weight excluding hydrogens is 325 g/mol. The van der Waals surface area contributed by atoms with Gasteiger partial charge in [0.1, 0.15) is 11.9 Å². The zero-order chi connectivity index (χ0) is 17.3. The predicted octanol–water partition coefficient (Wildman–Crippen LogP) is 2.61. The summed E-state index contributed by atoms with van der Waals surface area (Å²) in [4.78, 5) is 24.2. The number of alkyl halides is 3. The van der Waals surface area contributed by atoms with Gasteiger partial charge in [-0.3, -0.25) is 4.98 Å². The van der Waals surface area contributed by atoms with Gasteiger partial charge in [-0.25, -0.2) is 14.8 Å². The lowest BCUT2D eigenvalue weighted by Crippen LogP contribution is -2.36. The molecule has 3 heterocycles. The molecule has 0 unspecified atom stereocenters. The van der Waals surface area contributed by atoms with Crippen molar-refractivity contribution in [2.24, 2.45) is 0 Å². The van der Waals surface area contributed by atoms with E-state index in [0.29, 0.717) is 24.9 Å². The van der Waals surface area contributed by atoms with E-state index in [1.165, 1.54) is 29.4 Å². The summed E-state index contributed by atoms with van der Waals surface area (Å²) < 4.78 is 39.5. The fourth-order valence-corrected chi connectivity index (χ4v) is 2.65. The number of carbonyl (C=O) groups is 1. The third-order valence-electron chi connectivity index (χ3n) is 3.77. The maximum absolute atomic E-state index is 13.2. The molecule has 1 aliphatic rings. The Morgan fingerprint density at radius 1 is 1.25 bits per heavy atom. The van der Waals surface area contributed by atoms with Crippen molar-refractivity contribution in [1.29, 1.82) is 0 Å². The van der Waals surface area contributed by atoms with Gasteiger partial charge in [-0.1, -0.05) is 0 Å². The molecule has 0 radical (unpaired) electrons. The van der Waals surface area contributed by atoms with Gasteiger partial charge in [0.2, 0.25) is 0 Å². The molecule has 3 rings (SSSR count). The maximum atomic E-state index is 13.2. The van der Waals surface area contributed by atoms with Crippen molar-refractivity contribution in [3.8, 4) is 11.4 Å². The van der Waals surface area contributed by atoms with Crippen LogP contribution in [0.4, 0.5) is 19.0 Å². The molecule has 6 nitrogen and oxygen atoms in total. The first-order chi connectivity index (χ1) is 11.4. The Morgan fingerprint density at radius 3 is 2.58 bits per heavy atom. The second kappa shape index (κ2) is 6.06. The average Bonchev–Trinajstić information content (AvgIpc) is 3.04. The Morgan fingerprint density at radius 2 is 1.96 bits per heavy atom. The topological polar surface area (TPSA) is 79.2 Å². The van der Waals surface area contributed by atoms with E-state index in [4.69, 9.17) is 0 Å². The molecule has 24 heavy (non-hydrogen) atoms. The van der Waals surface area contributed by atoms with Crippen molar-refractivity contribution in [2.75, 3.05) is 11.4 Å². The first-order valence-electron chi connectivity index (χ1n) is 7.22. The van der Waals surface area contributed by atoms with Crippen LogP contribution in [0.25, 0.3) is 11.4 Å². The number of halogens is 3. The molecule has 0 spiro atoms. The molecule has 126 valence electrons. The van der Waals surface area contributed by atoms with Crippen molar-refractivity contribution >= 4 is 11.8 Å². The number of carboxylic acids is 1. The van der Waals surface area contributed by atoms with Crippen LogP contribution in [0.15, 0.2) is 30.6 Å². The van der Waals surface area contributed by atoms with Crippen LogP contribution in [0.1, 0.15) is 18.5 Å². The second-order valence-electron chi connectivity index (χ2n) is 5.36. The van der Waals surface area contributed by atoms with Gasteiger partial charge in [-0.15, -0.1) is 0 Å². The molecule has 0 bridgehead atoms. The number of aliphatic carboxylic acids is 1. The third kappa shape index (κ3) is 3.15. The highest BCUT2D eigenvalue weighted by Crippen LogP contribution is 2.33. The first kappa shape index (κ1) is 16.2. The van der Waals surface area contributed by atoms with Crippen molar-refractivity contribution < 1.29 is 23.1 Å². The summed E-state index contributed by atoms with van der Waals surface area (Å²) in [6.45, 7) is 0.334. The summed E-state index contributed by atoms with van der Waals surface area (Å²) in [5.41, 5.74) is -0.723. The van der Waals surface area contributed by atoms with E-state index in [1.54, 1.807) is 0 Å². The van der Waals surface area contributed by atoms with Gasteiger partial charge in [-0.05, 0) is 25.0 Å². The summed E-state index contributed by atoms with van der Waals surface area (Å²) in [7, 11) is 0. The lowest BCUT2D eigenvalue weighted by Gasteiger charge is -2.23. The van der Waals surface area contributed by atoms with Crippen LogP contribution in [0.5, 0.6) is 0 Å². The average molecular weight is 338 g/mol. The Hall–Kier alpha value is -2.71. The number of rotatable bonds is 3. The van der Waals surface area contributed by atoms with Crippen LogP contribution >= 0.6 is 0 Å². The van der Waals surface area contributed by atoms with Crippen molar-refractivity contribution in [3.05, 3.63) is 36.3 Å². The van der Waals surface area contributed by atoms with Gasteiger partial charge in [0.05, 0.1) is 0 Å². The monoisotopic (exact) mass is 338 g/mol. The normalized spacial score (nSPS) is 18.0. The molecule has 2 aromatic rings. The van der Waals surface area contributed by atoms with E-state index in [-0.39, 0.29) is 11.6 Å². The minimum Gasteiger partial charge on any atom is -0.480 e. The summed E-state index contributed by atoms with van der Waals surface area (Å²) in [5.74, 6) is -1.22. The zero-order valence-corrected chi connectivity index (χ0v) is 12.4. The predicted molar refractivity (Wildman–Crippen MR) is 78.3 cm³/mol. The van der Waals surface area contributed by atoms with Crippen LogP contribution in [0.3, 0.4) is 0 Å². The summed E-state index contributed by atoms with van der Waals surface area (Å²) in [6, 6.07) is 2.91. The molecule has 1 aliphatic heterocycles. The van der Waals surface area contributed by atoms with E-state index < -0.39 is 23.9 Å². The van der Waals surface area contributed by atoms with Gasteiger partial charge in [0, 0.05) is 30.6 Å². The fourth-order valence-electron chi connectivity index (χ4n) is 2.65. The fraction of sp³-hybridized carbons (Fsp3) is 0.333. The van der Waals surface area contributed by atoms with Crippen LogP contribution < -0.4 is 4.90 Å². The van der Waals surface area contributed by atoms with E-state index in [1.807, 2.05) is 0 Å². The Balaban J connectivity index is 2.11. The van der Waals surface area contributed by atoms with E-state index in [0.717, 1.165) is 6.07 Å². The summed E-state index contributed by atoms with van der Waals surface area (Å²) >= 11 is 0. The van der Waals surface area contributed by atoms with Crippen molar-refractivity contribution in [3.63, 3.8) is 0 Å². The van der Waals surface area contributed by atoms with Crippen LogP contribution in [-0.4, -0.2) is 38.6 Å². The van der Waals surface area contributed by atoms with Gasteiger partial charge in [-0.2, -0.15) is 13.2 Å². The molecular formula is C15H13F3N4O2. The summed E-state index contributed by atoms with van der Waals surface area (Å²) in [6.07, 6.45) is -0.862. The lowest BCUT2D eigenvalue weighted by atomic mass is 10.2. The molecule has 1 atom stereocenters.